The minimum atomic E-state index is -0.664. The van der Waals surface area contributed by atoms with E-state index in [1.165, 1.54) is 4.90 Å². The summed E-state index contributed by atoms with van der Waals surface area (Å²) in [7, 11) is 1.60. The van der Waals surface area contributed by atoms with Gasteiger partial charge >= 0.3 is 6.03 Å². The molecule has 8 heteroatoms. The van der Waals surface area contributed by atoms with E-state index >= 15 is 0 Å². The molecule has 2 aliphatic rings. The van der Waals surface area contributed by atoms with Crippen molar-refractivity contribution in [2.24, 2.45) is 0 Å². The molecular weight excluding hydrogens is 422 g/mol. The number of ether oxygens (including phenoxy) is 2. The average molecular weight is 452 g/mol. The highest BCUT2D eigenvalue weighted by Crippen LogP contribution is 2.23. The van der Waals surface area contributed by atoms with Crippen LogP contribution in [0.5, 0.6) is 5.75 Å². The maximum atomic E-state index is 12.8. The van der Waals surface area contributed by atoms with Crippen LogP contribution in [0.3, 0.4) is 0 Å². The topological polar surface area (TPSA) is 88.2 Å². The second-order valence-corrected chi connectivity index (χ2v) is 8.24. The Morgan fingerprint density at radius 3 is 2.61 bits per heavy atom. The van der Waals surface area contributed by atoms with Crippen LogP contribution in [-0.4, -0.2) is 67.0 Å². The van der Waals surface area contributed by atoms with Crippen LogP contribution in [0.25, 0.3) is 0 Å². The molecule has 2 aromatic rings. The van der Waals surface area contributed by atoms with Crippen molar-refractivity contribution in [3.8, 4) is 5.75 Å². The average Bonchev–Trinajstić information content (AvgIpc) is 3.14. The quantitative estimate of drug-likeness (QED) is 0.623. The number of imide groups is 1. The minimum Gasteiger partial charge on any atom is -0.497 e. The molecule has 4 amide bonds. The SMILES string of the molecule is COc1ccc(CCN2C(=O)NC(CCC(=O)N3CCOC(c4ccccc4)C3)C2=O)cc1. The molecule has 2 aromatic carbocycles. The van der Waals surface area contributed by atoms with Gasteiger partial charge in [-0.05, 0) is 36.1 Å². The van der Waals surface area contributed by atoms with Crippen molar-refractivity contribution in [1.82, 2.24) is 15.1 Å². The molecule has 0 radical (unpaired) electrons. The van der Waals surface area contributed by atoms with Crippen LogP contribution in [0.4, 0.5) is 4.79 Å². The predicted molar refractivity (Wildman–Crippen MR) is 122 cm³/mol. The van der Waals surface area contributed by atoms with E-state index < -0.39 is 12.1 Å². The zero-order valence-corrected chi connectivity index (χ0v) is 18.7. The number of hydrogen-bond acceptors (Lipinski definition) is 5. The lowest BCUT2D eigenvalue weighted by molar-refractivity contribution is -0.139. The maximum Gasteiger partial charge on any atom is 0.324 e. The van der Waals surface area contributed by atoms with E-state index in [0.717, 1.165) is 16.9 Å². The summed E-state index contributed by atoms with van der Waals surface area (Å²) in [5.74, 6) is 0.456. The van der Waals surface area contributed by atoms with E-state index in [-0.39, 0.29) is 30.8 Å². The largest absolute Gasteiger partial charge is 0.497 e. The van der Waals surface area contributed by atoms with Gasteiger partial charge in [-0.1, -0.05) is 42.5 Å². The number of methoxy groups -OCH3 is 1. The smallest absolute Gasteiger partial charge is 0.324 e. The van der Waals surface area contributed by atoms with Crippen LogP contribution in [-0.2, 0) is 20.7 Å². The minimum absolute atomic E-state index is 0.0297. The fraction of sp³-hybridized carbons (Fsp3) is 0.400. The van der Waals surface area contributed by atoms with Gasteiger partial charge < -0.3 is 19.7 Å². The van der Waals surface area contributed by atoms with Crippen LogP contribution < -0.4 is 10.1 Å². The van der Waals surface area contributed by atoms with E-state index in [1.807, 2.05) is 54.6 Å². The number of carbonyl (C=O) groups excluding carboxylic acids is 3. The Morgan fingerprint density at radius 2 is 1.88 bits per heavy atom. The van der Waals surface area contributed by atoms with Gasteiger partial charge in [-0.2, -0.15) is 0 Å². The highest BCUT2D eigenvalue weighted by Gasteiger charge is 2.38. The van der Waals surface area contributed by atoms with E-state index in [9.17, 15) is 14.4 Å². The van der Waals surface area contributed by atoms with Gasteiger partial charge in [0.1, 0.15) is 17.9 Å². The molecule has 8 nitrogen and oxygen atoms in total. The number of urea groups is 1. The standard InChI is InChI=1S/C25H29N3O5/c1-32-20-9-7-18(8-10-20)13-14-28-24(30)21(26-25(28)31)11-12-23(29)27-15-16-33-22(17-27)19-5-3-2-4-6-19/h2-10,21-22H,11-17H2,1H3,(H,26,31). The summed E-state index contributed by atoms with van der Waals surface area (Å²) in [6.07, 6.45) is 0.897. The number of nitrogens with one attached hydrogen (secondary N) is 1. The number of morpholine rings is 1. The van der Waals surface area contributed by atoms with E-state index in [1.54, 1.807) is 12.0 Å². The van der Waals surface area contributed by atoms with Crippen LogP contribution in [0, 0.1) is 0 Å². The number of hydrogen-bond donors (Lipinski definition) is 1. The molecule has 0 spiro atoms. The van der Waals surface area contributed by atoms with Crippen molar-refractivity contribution in [1.29, 1.82) is 0 Å². The summed E-state index contributed by atoms with van der Waals surface area (Å²) >= 11 is 0. The zero-order valence-electron chi connectivity index (χ0n) is 18.7. The number of carbonyl (C=O) groups is 3. The molecule has 2 fully saturated rings. The van der Waals surface area contributed by atoms with Gasteiger partial charge in [-0.15, -0.1) is 0 Å². The zero-order chi connectivity index (χ0) is 23.2. The first-order valence-electron chi connectivity index (χ1n) is 11.2. The third kappa shape index (κ3) is 5.51. The molecule has 0 aliphatic carbocycles. The van der Waals surface area contributed by atoms with Crippen LogP contribution in [0.15, 0.2) is 54.6 Å². The first-order valence-corrected chi connectivity index (χ1v) is 11.2. The van der Waals surface area contributed by atoms with Gasteiger partial charge in [0.15, 0.2) is 0 Å². The molecule has 4 rings (SSSR count). The second-order valence-electron chi connectivity index (χ2n) is 8.24. The van der Waals surface area contributed by atoms with Crippen LogP contribution in [0.1, 0.15) is 30.1 Å². The fourth-order valence-corrected chi connectivity index (χ4v) is 4.19. The third-order valence-electron chi connectivity index (χ3n) is 6.13. The number of rotatable bonds is 8. The Kier molecular flexibility index (Phi) is 7.24. The second kappa shape index (κ2) is 10.5. The highest BCUT2D eigenvalue weighted by molar-refractivity contribution is 6.04. The predicted octanol–water partition coefficient (Wildman–Crippen LogP) is 2.54. The number of benzene rings is 2. The van der Waals surface area contributed by atoms with E-state index in [4.69, 9.17) is 9.47 Å². The number of amides is 4. The fourth-order valence-electron chi connectivity index (χ4n) is 4.19. The Labute approximate surface area is 193 Å². The van der Waals surface area contributed by atoms with Gasteiger partial charge in [0.2, 0.25) is 5.91 Å². The third-order valence-corrected chi connectivity index (χ3v) is 6.13. The van der Waals surface area contributed by atoms with Crippen molar-refractivity contribution in [3.63, 3.8) is 0 Å². The molecule has 2 atom stereocenters. The molecule has 2 saturated heterocycles. The molecule has 0 aromatic heterocycles. The molecule has 33 heavy (non-hydrogen) atoms. The molecule has 2 unspecified atom stereocenters. The van der Waals surface area contributed by atoms with Crippen molar-refractivity contribution in [2.75, 3.05) is 33.4 Å². The van der Waals surface area contributed by atoms with Crippen molar-refractivity contribution >= 4 is 17.8 Å². The lowest BCUT2D eigenvalue weighted by Crippen LogP contribution is -2.43. The molecule has 174 valence electrons. The summed E-state index contributed by atoms with van der Waals surface area (Å²) in [6, 6.07) is 16.3. The monoisotopic (exact) mass is 451 g/mol. The first kappa shape index (κ1) is 22.8. The van der Waals surface area contributed by atoms with E-state index in [0.29, 0.717) is 32.7 Å². The number of nitrogens with zero attached hydrogens (tertiary/aromatic N) is 2. The molecule has 2 aliphatic heterocycles. The summed E-state index contributed by atoms with van der Waals surface area (Å²) in [5.41, 5.74) is 2.05. The van der Waals surface area contributed by atoms with Crippen LogP contribution in [0.2, 0.25) is 0 Å². The lowest BCUT2D eigenvalue weighted by Gasteiger charge is -2.33. The summed E-state index contributed by atoms with van der Waals surface area (Å²) < 4.78 is 11.0. The Balaban J connectivity index is 1.26. The molecule has 2 heterocycles. The summed E-state index contributed by atoms with van der Waals surface area (Å²) in [6.45, 7) is 1.79. The van der Waals surface area contributed by atoms with Crippen molar-refractivity contribution in [2.45, 2.75) is 31.4 Å². The highest BCUT2D eigenvalue weighted by atomic mass is 16.5. The summed E-state index contributed by atoms with van der Waals surface area (Å²) in [4.78, 5) is 40.9. The van der Waals surface area contributed by atoms with Gasteiger partial charge in [-0.3, -0.25) is 14.5 Å². The van der Waals surface area contributed by atoms with Crippen molar-refractivity contribution < 1.29 is 23.9 Å². The normalized spacial score (nSPS) is 20.6. The Morgan fingerprint density at radius 1 is 1.12 bits per heavy atom. The van der Waals surface area contributed by atoms with Crippen LogP contribution >= 0.6 is 0 Å². The molecule has 0 bridgehead atoms. The van der Waals surface area contributed by atoms with Gasteiger partial charge in [0.05, 0.1) is 20.3 Å². The lowest BCUT2D eigenvalue weighted by atomic mass is 10.1. The van der Waals surface area contributed by atoms with Crippen molar-refractivity contribution in [3.05, 3.63) is 65.7 Å². The summed E-state index contributed by atoms with van der Waals surface area (Å²) in [5, 5.41) is 2.72. The van der Waals surface area contributed by atoms with Gasteiger partial charge in [0, 0.05) is 19.5 Å². The molecule has 0 saturated carbocycles. The Bertz CT molecular complexity index is 979. The maximum absolute atomic E-state index is 12.8. The first-order chi connectivity index (χ1) is 16.0. The van der Waals surface area contributed by atoms with Gasteiger partial charge in [-0.25, -0.2) is 4.79 Å². The van der Waals surface area contributed by atoms with E-state index in [2.05, 4.69) is 5.32 Å². The molecular formula is C25H29N3O5. The van der Waals surface area contributed by atoms with Gasteiger partial charge in [0.25, 0.3) is 5.91 Å². The molecule has 1 N–H and O–H groups in total. The Hall–Kier alpha value is -3.39.